The summed E-state index contributed by atoms with van der Waals surface area (Å²) >= 11 is 2.37. The summed E-state index contributed by atoms with van der Waals surface area (Å²) in [6.07, 6.45) is 3.46. The van der Waals surface area contributed by atoms with Crippen LogP contribution in [0.5, 0.6) is 0 Å². The van der Waals surface area contributed by atoms with Crippen LogP contribution in [-0.2, 0) is 9.53 Å². The molecule has 1 rings (SSSR count). The summed E-state index contributed by atoms with van der Waals surface area (Å²) < 4.78 is 5.36. The highest BCUT2D eigenvalue weighted by atomic mass is 127. The second kappa shape index (κ2) is 4.40. The second-order valence-corrected chi connectivity index (χ2v) is 4.55. The number of rotatable bonds is 3. The van der Waals surface area contributed by atoms with Gasteiger partial charge in [0.15, 0.2) is 5.78 Å². The van der Waals surface area contributed by atoms with Crippen molar-refractivity contribution in [2.24, 2.45) is 5.92 Å². The van der Waals surface area contributed by atoms with Gasteiger partial charge in [-0.25, -0.2) is 0 Å². The van der Waals surface area contributed by atoms with E-state index in [2.05, 4.69) is 22.6 Å². The lowest BCUT2D eigenvalue weighted by atomic mass is 10.0. The molecule has 0 radical (unpaired) electrons. The van der Waals surface area contributed by atoms with Crippen LogP contribution >= 0.6 is 22.6 Å². The molecule has 0 aromatic carbocycles. The molecule has 1 saturated carbocycles. The smallest absolute Gasteiger partial charge is 0.162 e. The van der Waals surface area contributed by atoms with Crippen molar-refractivity contribution in [3.8, 4) is 0 Å². The SMILES string of the molecule is COCC(=O)[C@@H]1CCC[C@H]1I. The molecule has 0 unspecified atom stereocenters. The number of hydrogen-bond acceptors (Lipinski definition) is 2. The van der Waals surface area contributed by atoms with E-state index in [1.54, 1.807) is 7.11 Å². The van der Waals surface area contributed by atoms with Gasteiger partial charge in [0.1, 0.15) is 6.61 Å². The number of ether oxygens (including phenoxy) is 1. The van der Waals surface area contributed by atoms with Gasteiger partial charge in [-0.1, -0.05) is 29.0 Å². The first-order chi connectivity index (χ1) is 5.25. The van der Waals surface area contributed by atoms with Crippen molar-refractivity contribution in [1.29, 1.82) is 0 Å². The van der Waals surface area contributed by atoms with E-state index in [1.807, 2.05) is 0 Å². The van der Waals surface area contributed by atoms with Gasteiger partial charge in [0.05, 0.1) is 0 Å². The van der Waals surface area contributed by atoms with E-state index in [0.717, 1.165) is 6.42 Å². The van der Waals surface area contributed by atoms with Crippen LogP contribution in [0.25, 0.3) is 0 Å². The van der Waals surface area contributed by atoms with Crippen molar-refractivity contribution in [3.63, 3.8) is 0 Å². The predicted octanol–water partition coefficient (Wildman–Crippen LogP) is 1.81. The van der Waals surface area contributed by atoms with Crippen LogP contribution in [0.15, 0.2) is 0 Å². The maximum atomic E-state index is 11.3. The molecule has 1 aliphatic carbocycles. The van der Waals surface area contributed by atoms with Gasteiger partial charge < -0.3 is 4.74 Å². The third kappa shape index (κ3) is 2.40. The normalized spacial score (nSPS) is 30.7. The van der Waals surface area contributed by atoms with Crippen molar-refractivity contribution in [2.45, 2.75) is 23.2 Å². The van der Waals surface area contributed by atoms with Crippen molar-refractivity contribution < 1.29 is 9.53 Å². The quantitative estimate of drug-likeness (QED) is 0.576. The molecule has 0 aromatic heterocycles. The Morgan fingerprint density at radius 3 is 2.82 bits per heavy atom. The Kier molecular flexibility index (Phi) is 3.78. The number of alkyl halides is 1. The number of Topliss-reactive ketones (excluding diaryl/α,β-unsaturated/α-hetero) is 1. The summed E-state index contributed by atoms with van der Waals surface area (Å²) in [4.78, 5) is 11.3. The van der Waals surface area contributed by atoms with Crippen molar-refractivity contribution in [2.75, 3.05) is 13.7 Å². The molecule has 0 amide bonds. The average molecular weight is 268 g/mol. The Hall–Kier alpha value is 0.360. The first-order valence-electron chi connectivity index (χ1n) is 3.91. The van der Waals surface area contributed by atoms with Crippen LogP contribution in [0.2, 0.25) is 0 Å². The highest BCUT2D eigenvalue weighted by Crippen LogP contribution is 2.32. The second-order valence-electron chi connectivity index (χ2n) is 2.95. The molecule has 11 heavy (non-hydrogen) atoms. The summed E-state index contributed by atoms with van der Waals surface area (Å²) in [7, 11) is 1.58. The Balaban J connectivity index is 2.39. The Labute approximate surface area is 80.8 Å². The molecule has 0 heterocycles. The Morgan fingerprint density at radius 1 is 1.64 bits per heavy atom. The van der Waals surface area contributed by atoms with Crippen LogP contribution in [0.4, 0.5) is 0 Å². The van der Waals surface area contributed by atoms with E-state index >= 15 is 0 Å². The third-order valence-electron chi connectivity index (χ3n) is 2.13. The molecule has 2 atom stereocenters. The molecule has 0 saturated heterocycles. The first kappa shape index (κ1) is 9.45. The van der Waals surface area contributed by atoms with Crippen LogP contribution in [0.1, 0.15) is 19.3 Å². The number of carbonyl (C=O) groups is 1. The molecule has 0 spiro atoms. The molecular weight excluding hydrogens is 255 g/mol. The monoisotopic (exact) mass is 268 g/mol. The lowest BCUT2D eigenvalue weighted by Gasteiger charge is -2.10. The van der Waals surface area contributed by atoms with E-state index in [4.69, 9.17) is 4.74 Å². The fourth-order valence-electron chi connectivity index (χ4n) is 1.53. The minimum absolute atomic E-state index is 0.274. The lowest BCUT2D eigenvalue weighted by Crippen LogP contribution is -2.22. The van der Waals surface area contributed by atoms with Crippen molar-refractivity contribution in [1.82, 2.24) is 0 Å². The molecule has 0 N–H and O–H groups in total. The summed E-state index contributed by atoms with van der Waals surface area (Å²) in [5.41, 5.74) is 0. The Morgan fingerprint density at radius 2 is 2.36 bits per heavy atom. The minimum Gasteiger partial charge on any atom is -0.377 e. The van der Waals surface area contributed by atoms with Crippen LogP contribution in [0.3, 0.4) is 0 Å². The fourth-order valence-corrected chi connectivity index (χ4v) is 2.73. The highest BCUT2D eigenvalue weighted by molar-refractivity contribution is 14.1. The largest absolute Gasteiger partial charge is 0.377 e. The van der Waals surface area contributed by atoms with Gasteiger partial charge in [-0.3, -0.25) is 4.79 Å². The molecule has 0 aromatic rings. The summed E-state index contributed by atoms with van der Waals surface area (Å²) in [5.74, 6) is 0.556. The fraction of sp³-hybridized carbons (Fsp3) is 0.875. The summed E-state index contributed by atoms with van der Waals surface area (Å²) in [6.45, 7) is 0.296. The van der Waals surface area contributed by atoms with E-state index in [0.29, 0.717) is 10.5 Å². The van der Waals surface area contributed by atoms with Gasteiger partial charge in [-0.15, -0.1) is 0 Å². The topological polar surface area (TPSA) is 26.3 Å². The van der Waals surface area contributed by atoms with E-state index < -0.39 is 0 Å². The summed E-state index contributed by atoms with van der Waals surface area (Å²) in [5, 5.41) is 0. The number of methoxy groups -OCH3 is 1. The Bertz CT molecular complexity index is 147. The van der Waals surface area contributed by atoms with Gasteiger partial charge >= 0.3 is 0 Å². The summed E-state index contributed by atoms with van der Waals surface area (Å²) in [6, 6.07) is 0. The minimum atomic E-state index is 0.274. The molecule has 2 nitrogen and oxygen atoms in total. The van der Waals surface area contributed by atoms with Crippen molar-refractivity contribution in [3.05, 3.63) is 0 Å². The van der Waals surface area contributed by atoms with Gasteiger partial charge in [0, 0.05) is 17.0 Å². The van der Waals surface area contributed by atoms with Crippen molar-refractivity contribution >= 4 is 28.4 Å². The highest BCUT2D eigenvalue weighted by Gasteiger charge is 2.30. The third-order valence-corrected chi connectivity index (χ3v) is 3.62. The number of halogens is 1. The zero-order chi connectivity index (χ0) is 8.27. The maximum absolute atomic E-state index is 11.3. The van der Waals surface area contributed by atoms with E-state index in [-0.39, 0.29) is 11.7 Å². The number of carbonyl (C=O) groups excluding carboxylic acids is 1. The zero-order valence-corrected chi connectivity index (χ0v) is 8.84. The average Bonchev–Trinajstić information content (AvgIpc) is 2.36. The molecular formula is C8H13IO2. The van der Waals surface area contributed by atoms with Gasteiger partial charge in [0.2, 0.25) is 0 Å². The zero-order valence-electron chi connectivity index (χ0n) is 6.68. The molecule has 0 aliphatic heterocycles. The van der Waals surface area contributed by atoms with Gasteiger partial charge in [-0.2, -0.15) is 0 Å². The lowest BCUT2D eigenvalue weighted by molar-refractivity contribution is -0.126. The molecule has 1 fully saturated rings. The number of hydrogen-bond donors (Lipinski definition) is 0. The van der Waals surface area contributed by atoms with E-state index in [9.17, 15) is 4.79 Å². The standard InChI is InChI=1S/C8H13IO2/c1-11-5-8(10)6-3-2-4-7(6)9/h6-7H,2-5H2,1H3/t6-,7-/m1/s1. The predicted molar refractivity (Wildman–Crippen MR) is 52.0 cm³/mol. The van der Waals surface area contributed by atoms with E-state index in [1.165, 1.54) is 12.8 Å². The maximum Gasteiger partial charge on any atom is 0.162 e. The van der Waals surface area contributed by atoms with Crippen LogP contribution in [-0.4, -0.2) is 23.4 Å². The molecule has 3 heteroatoms. The number of ketones is 1. The van der Waals surface area contributed by atoms with Gasteiger partial charge in [0.25, 0.3) is 0 Å². The first-order valence-corrected chi connectivity index (χ1v) is 5.16. The molecule has 0 bridgehead atoms. The van der Waals surface area contributed by atoms with Crippen LogP contribution < -0.4 is 0 Å². The van der Waals surface area contributed by atoms with Gasteiger partial charge in [-0.05, 0) is 12.8 Å². The van der Waals surface area contributed by atoms with Crippen LogP contribution in [0, 0.1) is 5.92 Å². The molecule has 1 aliphatic rings. The molecule has 64 valence electrons.